The van der Waals surface area contributed by atoms with Crippen molar-refractivity contribution in [2.24, 2.45) is 0 Å². The Morgan fingerprint density at radius 2 is 1.64 bits per heavy atom. The predicted molar refractivity (Wildman–Crippen MR) is 141 cm³/mol. The van der Waals surface area contributed by atoms with Crippen molar-refractivity contribution < 1.29 is 24.1 Å². The number of carbonyl (C=O) groups is 1. The first kappa shape index (κ1) is 25.3. The number of benzene rings is 3. The highest BCUT2D eigenvalue weighted by Crippen LogP contribution is 2.33. The number of hydrogen-bond acceptors (Lipinski definition) is 5. The number of methoxy groups -OCH3 is 2. The van der Waals surface area contributed by atoms with Gasteiger partial charge >= 0.3 is 5.97 Å². The van der Waals surface area contributed by atoms with Gasteiger partial charge in [-0.1, -0.05) is 49.7 Å². The molecule has 0 aliphatic heterocycles. The Balaban J connectivity index is 1.56. The van der Waals surface area contributed by atoms with Crippen molar-refractivity contribution >= 4 is 16.9 Å². The molecule has 1 heterocycles. The first-order chi connectivity index (χ1) is 17.5. The van der Waals surface area contributed by atoms with Gasteiger partial charge in [-0.15, -0.1) is 0 Å². The molecular weight excluding hydrogens is 454 g/mol. The van der Waals surface area contributed by atoms with Crippen LogP contribution in [0.3, 0.4) is 0 Å². The van der Waals surface area contributed by atoms with E-state index in [4.69, 9.17) is 14.2 Å². The Kier molecular flexibility index (Phi) is 8.28. The number of aliphatic hydroxyl groups is 1. The summed E-state index contributed by atoms with van der Waals surface area (Å²) in [6.07, 6.45) is 3.58. The lowest BCUT2D eigenvalue weighted by molar-refractivity contribution is 0.0259. The normalized spacial score (nSPS) is 11.9. The molecule has 0 spiro atoms. The molecule has 0 amide bonds. The number of rotatable bonds is 11. The summed E-state index contributed by atoms with van der Waals surface area (Å²) in [6.45, 7) is 2.63. The van der Waals surface area contributed by atoms with E-state index in [1.165, 1.54) is 5.56 Å². The Hall–Kier alpha value is -3.77. The molecule has 1 atom stereocenters. The zero-order chi connectivity index (χ0) is 25.5. The maximum atomic E-state index is 12.2. The van der Waals surface area contributed by atoms with Crippen LogP contribution in [0.4, 0.5) is 0 Å². The maximum absolute atomic E-state index is 12.2. The summed E-state index contributed by atoms with van der Waals surface area (Å²) in [5.74, 6) is 1.15. The largest absolute Gasteiger partial charge is 0.496 e. The third-order valence-corrected chi connectivity index (χ3v) is 6.28. The number of carbonyl (C=O) groups excluding carboxylic acids is 1. The molecule has 6 nitrogen and oxygen atoms in total. The summed E-state index contributed by atoms with van der Waals surface area (Å²) in [6, 6.07) is 21.0. The Morgan fingerprint density at radius 3 is 2.31 bits per heavy atom. The summed E-state index contributed by atoms with van der Waals surface area (Å²) in [4.78, 5) is 12.2. The van der Waals surface area contributed by atoms with Crippen LogP contribution in [0.1, 0.15) is 40.4 Å². The van der Waals surface area contributed by atoms with Crippen molar-refractivity contribution in [3.8, 4) is 11.5 Å². The van der Waals surface area contributed by atoms with Crippen LogP contribution in [0.15, 0.2) is 72.9 Å². The zero-order valence-electron chi connectivity index (χ0n) is 21.1. The number of aryl methyl sites for hydroxylation is 1. The average Bonchev–Trinajstić information content (AvgIpc) is 3.25. The van der Waals surface area contributed by atoms with E-state index < -0.39 is 12.1 Å². The van der Waals surface area contributed by atoms with Gasteiger partial charge < -0.3 is 23.9 Å². The number of aromatic nitrogens is 1. The van der Waals surface area contributed by atoms with Gasteiger partial charge in [0.15, 0.2) is 0 Å². The molecule has 6 heteroatoms. The highest BCUT2D eigenvalue weighted by atomic mass is 16.5. The molecule has 4 rings (SSSR count). The first-order valence-electron chi connectivity index (χ1n) is 12.2. The fourth-order valence-electron chi connectivity index (χ4n) is 4.56. The smallest absolute Gasteiger partial charge is 0.338 e. The molecule has 36 heavy (non-hydrogen) atoms. The third kappa shape index (κ3) is 5.71. The number of fused-ring (bicyclic) bond motifs is 1. The lowest BCUT2D eigenvalue weighted by Crippen LogP contribution is -2.20. The zero-order valence-corrected chi connectivity index (χ0v) is 21.1. The summed E-state index contributed by atoms with van der Waals surface area (Å²) < 4.78 is 19.0. The molecule has 0 saturated carbocycles. The van der Waals surface area contributed by atoms with E-state index in [1.54, 1.807) is 38.5 Å². The lowest BCUT2D eigenvalue weighted by atomic mass is 10.0. The van der Waals surface area contributed by atoms with Crippen LogP contribution < -0.4 is 9.47 Å². The van der Waals surface area contributed by atoms with Crippen molar-refractivity contribution in [1.29, 1.82) is 0 Å². The monoisotopic (exact) mass is 487 g/mol. The minimum atomic E-state index is -0.825. The molecule has 1 aromatic heterocycles. The van der Waals surface area contributed by atoms with Gasteiger partial charge in [0, 0.05) is 23.5 Å². The molecule has 0 radical (unpaired) electrons. The SMILES string of the molecule is CCCc1cc(OC)c(Cn2cc(CC(O)COC(=O)c3ccccc3)c3ccccc32)c(OC)c1. The molecule has 0 fully saturated rings. The number of ether oxygens (including phenoxy) is 3. The van der Waals surface area contributed by atoms with Gasteiger partial charge in [0.05, 0.1) is 38.0 Å². The molecule has 0 aliphatic carbocycles. The van der Waals surface area contributed by atoms with E-state index in [-0.39, 0.29) is 6.61 Å². The lowest BCUT2D eigenvalue weighted by Gasteiger charge is -2.16. The number of para-hydroxylation sites is 1. The molecule has 1 N–H and O–H groups in total. The van der Waals surface area contributed by atoms with E-state index in [0.717, 1.165) is 46.4 Å². The minimum absolute atomic E-state index is 0.0756. The van der Waals surface area contributed by atoms with E-state index in [0.29, 0.717) is 18.5 Å². The molecular formula is C30H33NO5. The minimum Gasteiger partial charge on any atom is -0.496 e. The van der Waals surface area contributed by atoms with Crippen molar-refractivity contribution in [1.82, 2.24) is 4.57 Å². The van der Waals surface area contributed by atoms with Gasteiger partial charge in [-0.05, 0) is 47.9 Å². The van der Waals surface area contributed by atoms with Crippen molar-refractivity contribution in [3.63, 3.8) is 0 Å². The molecule has 188 valence electrons. The highest BCUT2D eigenvalue weighted by molar-refractivity contribution is 5.89. The van der Waals surface area contributed by atoms with Gasteiger partial charge in [0.2, 0.25) is 0 Å². The summed E-state index contributed by atoms with van der Waals surface area (Å²) >= 11 is 0. The second-order valence-corrected chi connectivity index (χ2v) is 8.85. The number of esters is 1. The van der Waals surface area contributed by atoms with Crippen LogP contribution in [0.2, 0.25) is 0 Å². The fraction of sp³-hybridized carbons (Fsp3) is 0.300. The van der Waals surface area contributed by atoms with Crippen LogP contribution in [0.25, 0.3) is 10.9 Å². The van der Waals surface area contributed by atoms with Gasteiger partial charge in [-0.3, -0.25) is 0 Å². The second kappa shape index (κ2) is 11.8. The number of aliphatic hydroxyl groups excluding tert-OH is 1. The quantitative estimate of drug-likeness (QED) is 0.286. The van der Waals surface area contributed by atoms with Crippen LogP contribution in [0, 0.1) is 0 Å². The van der Waals surface area contributed by atoms with Crippen molar-refractivity contribution in [3.05, 3.63) is 95.2 Å². The molecule has 3 aromatic carbocycles. The summed E-state index contributed by atoms with van der Waals surface area (Å²) in [7, 11) is 3.36. The molecule has 0 aliphatic rings. The Morgan fingerprint density at radius 1 is 0.972 bits per heavy atom. The topological polar surface area (TPSA) is 69.9 Å². The molecule has 0 bridgehead atoms. The van der Waals surface area contributed by atoms with Crippen LogP contribution in [0.5, 0.6) is 11.5 Å². The number of hydrogen-bond donors (Lipinski definition) is 1. The summed E-state index contributed by atoms with van der Waals surface area (Å²) in [5, 5.41) is 11.7. The van der Waals surface area contributed by atoms with E-state index in [2.05, 4.69) is 29.7 Å². The van der Waals surface area contributed by atoms with Crippen molar-refractivity contribution in [2.75, 3.05) is 20.8 Å². The predicted octanol–water partition coefficient (Wildman–Crippen LogP) is 5.42. The Labute approximate surface area is 212 Å². The molecule has 4 aromatic rings. The third-order valence-electron chi connectivity index (χ3n) is 6.28. The van der Waals surface area contributed by atoms with E-state index in [9.17, 15) is 9.90 Å². The van der Waals surface area contributed by atoms with Gasteiger partial charge in [-0.2, -0.15) is 0 Å². The maximum Gasteiger partial charge on any atom is 0.338 e. The van der Waals surface area contributed by atoms with Gasteiger partial charge in [0.1, 0.15) is 18.1 Å². The van der Waals surface area contributed by atoms with E-state index in [1.807, 2.05) is 30.5 Å². The second-order valence-electron chi connectivity index (χ2n) is 8.85. The van der Waals surface area contributed by atoms with Crippen LogP contribution >= 0.6 is 0 Å². The van der Waals surface area contributed by atoms with Crippen molar-refractivity contribution in [2.45, 2.75) is 38.8 Å². The molecule has 1 unspecified atom stereocenters. The first-order valence-corrected chi connectivity index (χ1v) is 12.2. The van der Waals surface area contributed by atoms with E-state index >= 15 is 0 Å². The average molecular weight is 488 g/mol. The molecule has 0 saturated heterocycles. The summed E-state index contributed by atoms with van der Waals surface area (Å²) in [5.41, 5.74) is 4.64. The van der Waals surface area contributed by atoms with Gasteiger partial charge in [0.25, 0.3) is 0 Å². The fourth-order valence-corrected chi connectivity index (χ4v) is 4.56. The standard InChI is InChI=1S/C30H33NO5/c1-4-10-21-15-28(34-2)26(29(16-21)35-3)19-31-18-23(25-13-8-9-14-27(25)31)17-24(32)20-36-30(33)22-11-6-5-7-12-22/h5-9,11-16,18,24,32H,4,10,17,19-20H2,1-3H3. The van der Waals surface area contributed by atoms with Gasteiger partial charge in [-0.25, -0.2) is 4.79 Å². The number of nitrogens with zero attached hydrogens (tertiary/aromatic N) is 1. The Bertz CT molecular complexity index is 1290. The highest BCUT2D eigenvalue weighted by Gasteiger charge is 2.18. The van der Waals surface area contributed by atoms with Crippen LogP contribution in [-0.4, -0.2) is 42.6 Å². The van der Waals surface area contributed by atoms with Crippen LogP contribution in [-0.2, 0) is 24.1 Å².